The summed E-state index contributed by atoms with van der Waals surface area (Å²) in [7, 11) is 0. The fourth-order valence-corrected chi connectivity index (χ4v) is 9.31. The third kappa shape index (κ3) is 4.21. The van der Waals surface area contributed by atoms with Crippen molar-refractivity contribution in [3.8, 4) is 0 Å². The normalized spacial score (nSPS) is 37.8. The molecule has 42 heavy (non-hydrogen) atoms. The van der Waals surface area contributed by atoms with Crippen molar-refractivity contribution in [1.82, 2.24) is 19.4 Å². The molecular weight excluding hydrogens is 533 g/mol. The summed E-state index contributed by atoms with van der Waals surface area (Å²) in [6, 6.07) is 9.55. The molecule has 222 valence electrons. The number of alkyl halides is 1. The number of ketones is 1. The molecule has 8 nitrogen and oxygen atoms in total. The summed E-state index contributed by atoms with van der Waals surface area (Å²) in [5.41, 5.74) is 1.39. The maximum absolute atomic E-state index is 16.1. The van der Waals surface area contributed by atoms with E-state index in [2.05, 4.69) is 26.9 Å². The number of para-hydroxylation sites is 1. The number of amides is 1. The van der Waals surface area contributed by atoms with Crippen molar-refractivity contribution < 1.29 is 18.7 Å². The van der Waals surface area contributed by atoms with Crippen LogP contribution in [0.3, 0.4) is 0 Å². The molecule has 0 N–H and O–H groups in total. The van der Waals surface area contributed by atoms with Gasteiger partial charge in [0, 0.05) is 56.4 Å². The molecule has 0 spiro atoms. The zero-order valence-corrected chi connectivity index (χ0v) is 24.0. The Balaban J connectivity index is 1.13. The van der Waals surface area contributed by atoms with Crippen molar-refractivity contribution in [2.45, 2.75) is 81.5 Å². The monoisotopic (exact) mass is 573 g/mol. The van der Waals surface area contributed by atoms with Crippen LogP contribution in [0, 0.1) is 17.8 Å². The number of hydrogen-bond acceptors (Lipinski definition) is 6. The van der Waals surface area contributed by atoms with E-state index >= 15 is 4.39 Å². The number of carbonyl (C=O) groups excluding carboxylic acids is 2. The number of Topliss-reactive ketones (excluding diaryl/α,β-unsaturated/α-hetero) is 1. The molecule has 4 heterocycles. The number of anilines is 1. The van der Waals surface area contributed by atoms with Gasteiger partial charge >= 0.3 is 0 Å². The maximum atomic E-state index is 16.1. The number of rotatable bonds is 3. The van der Waals surface area contributed by atoms with Gasteiger partial charge in [0.25, 0.3) is 5.91 Å². The minimum absolute atomic E-state index is 0.0298. The predicted molar refractivity (Wildman–Crippen MR) is 155 cm³/mol. The second kappa shape index (κ2) is 10.5. The summed E-state index contributed by atoms with van der Waals surface area (Å²) in [5, 5.41) is 0. The third-order valence-electron chi connectivity index (χ3n) is 11.2. The number of nitrogens with zero attached hydrogens (tertiary/aromatic N) is 5. The Morgan fingerprint density at radius 1 is 0.952 bits per heavy atom. The van der Waals surface area contributed by atoms with Crippen LogP contribution in [0.15, 0.2) is 60.8 Å². The lowest BCUT2D eigenvalue weighted by molar-refractivity contribution is -0.220. The number of hydrogen-bond donors (Lipinski definition) is 0. The number of imidazole rings is 1. The smallest absolute Gasteiger partial charge is 0.259 e. The second-order valence-electron chi connectivity index (χ2n) is 13.2. The van der Waals surface area contributed by atoms with Gasteiger partial charge in [-0.2, -0.15) is 0 Å². The molecule has 3 aliphatic carbocycles. The number of aromatic nitrogens is 2. The van der Waals surface area contributed by atoms with E-state index in [1.807, 2.05) is 33.9 Å². The minimum atomic E-state index is -1.26. The first-order chi connectivity index (χ1) is 20.6. The molecule has 8 rings (SSSR count). The molecule has 3 aliphatic heterocycles. The van der Waals surface area contributed by atoms with Gasteiger partial charge < -0.3 is 24.0 Å². The average Bonchev–Trinajstić information content (AvgIpc) is 3.56. The van der Waals surface area contributed by atoms with E-state index in [0.29, 0.717) is 24.9 Å². The first-order valence-electron chi connectivity index (χ1n) is 16.0. The van der Waals surface area contributed by atoms with Crippen LogP contribution < -0.4 is 4.90 Å². The Labute approximate surface area is 246 Å². The van der Waals surface area contributed by atoms with E-state index < -0.39 is 24.2 Å². The molecule has 1 amide bonds. The molecule has 0 bridgehead atoms. The standard InChI is InChI=1S/C33H40FN5O3/c34-26-18-24-29-32(30(26)38-13-12-35-20-38)42-27-11-10-21-6-4-5-9-23(21)28(27)39(29)19-25(31(24)40)33(41)37-16-14-36(15-17-37)22-7-2-1-3-8-22/h1-3,7-8,12-13,19-21,23-24,26-30,32H,4-6,9-11,14-18H2. The van der Waals surface area contributed by atoms with Crippen LogP contribution in [0.25, 0.3) is 0 Å². The van der Waals surface area contributed by atoms with Gasteiger partial charge in [-0.05, 0) is 49.7 Å². The van der Waals surface area contributed by atoms with Gasteiger partial charge in [0.2, 0.25) is 0 Å². The summed E-state index contributed by atoms with van der Waals surface area (Å²) < 4.78 is 24.8. The van der Waals surface area contributed by atoms with Crippen molar-refractivity contribution >= 4 is 17.4 Å². The SMILES string of the molecule is O=C1C(C(=O)N2CCN(c3ccccc3)CC2)=CN2C3C(CCC4CCCCC43)OC3C2C1CC(F)C3n1ccnc1. The number of fused-ring (bicyclic) bond motifs is 4. The van der Waals surface area contributed by atoms with E-state index in [9.17, 15) is 9.59 Å². The molecule has 9 heteroatoms. The zero-order chi connectivity index (χ0) is 28.4. The molecule has 1 aromatic carbocycles. The molecule has 0 radical (unpaired) electrons. The number of morpholine rings is 1. The highest BCUT2D eigenvalue weighted by Gasteiger charge is 2.61. The van der Waals surface area contributed by atoms with Gasteiger partial charge in [-0.3, -0.25) is 9.59 Å². The number of piperazine rings is 1. The Kier molecular flexibility index (Phi) is 6.61. The quantitative estimate of drug-likeness (QED) is 0.517. The number of benzene rings is 1. The van der Waals surface area contributed by atoms with Crippen LogP contribution in [-0.4, -0.2) is 87.7 Å². The van der Waals surface area contributed by atoms with Crippen LogP contribution >= 0.6 is 0 Å². The summed E-state index contributed by atoms with van der Waals surface area (Å²) in [4.78, 5) is 38.9. The van der Waals surface area contributed by atoms with Crippen molar-refractivity contribution in [2.75, 3.05) is 31.1 Å². The molecule has 2 aromatic rings. The topological polar surface area (TPSA) is 70.9 Å². The fourth-order valence-electron chi connectivity index (χ4n) is 9.31. The highest BCUT2D eigenvalue weighted by molar-refractivity contribution is 6.20. The maximum Gasteiger partial charge on any atom is 0.259 e. The van der Waals surface area contributed by atoms with Gasteiger partial charge in [-0.15, -0.1) is 0 Å². The van der Waals surface area contributed by atoms with Crippen LogP contribution in [0.2, 0.25) is 0 Å². The Morgan fingerprint density at radius 3 is 2.55 bits per heavy atom. The minimum Gasteiger partial charge on any atom is -0.368 e. The molecule has 3 saturated carbocycles. The highest BCUT2D eigenvalue weighted by atomic mass is 19.1. The summed E-state index contributed by atoms with van der Waals surface area (Å²) >= 11 is 0. The van der Waals surface area contributed by atoms with E-state index in [1.54, 1.807) is 18.7 Å². The van der Waals surface area contributed by atoms with E-state index in [4.69, 9.17) is 4.74 Å². The average molecular weight is 574 g/mol. The number of carbonyl (C=O) groups is 2. The van der Waals surface area contributed by atoms with Crippen LogP contribution in [0.5, 0.6) is 0 Å². The highest BCUT2D eigenvalue weighted by Crippen LogP contribution is 2.53. The zero-order valence-electron chi connectivity index (χ0n) is 24.0. The molecule has 6 aliphatic rings. The predicted octanol–water partition coefficient (Wildman–Crippen LogP) is 4.00. The lowest BCUT2D eigenvalue weighted by atomic mass is 9.63. The molecule has 2 saturated heterocycles. The van der Waals surface area contributed by atoms with Crippen molar-refractivity contribution in [3.05, 3.63) is 60.8 Å². The first-order valence-corrected chi connectivity index (χ1v) is 16.0. The van der Waals surface area contributed by atoms with Gasteiger partial charge in [-0.25, -0.2) is 9.37 Å². The van der Waals surface area contributed by atoms with Gasteiger partial charge in [0.15, 0.2) is 5.78 Å². The Hall–Kier alpha value is -3.20. The molecular formula is C33H40FN5O3. The molecule has 9 atom stereocenters. The van der Waals surface area contributed by atoms with E-state index in [0.717, 1.165) is 38.0 Å². The van der Waals surface area contributed by atoms with Crippen LogP contribution in [0.4, 0.5) is 10.1 Å². The molecule has 9 unspecified atom stereocenters. The second-order valence-corrected chi connectivity index (χ2v) is 13.2. The van der Waals surface area contributed by atoms with Gasteiger partial charge in [0.1, 0.15) is 12.3 Å². The molecule has 5 fully saturated rings. The van der Waals surface area contributed by atoms with E-state index in [-0.39, 0.29) is 41.9 Å². The van der Waals surface area contributed by atoms with Crippen LogP contribution in [-0.2, 0) is 14.3 Å². The summed E-state index contributed by atoms with van der Waals surface area (Å²) in [5.74, 6) is 0.126. The van der Waals surface area contributed by atoms with Crippen molar-refractivity contribution in [2.24, 2.45) is 17.8 Å². The lowest BCUT2D eigenvalue weighted by Crippen LogP contribution is -2.71. The van der Waals surface area contributed by atoms with Crippen molar-refractivity contribution in [3.63, 3.8) is 0 Å². The molecule has 1 aromatic heterocycles. The first kappa shape index (κ1) is 26.4. The number of ether oxygens (including phenoxy) is 1. The van der Waals surface area contributed by atoms with Gasteiger partial charge in [-0.1, -0.05) is 37.5 Å². The largest absolute Gasteiger partial charge is 0.368 e. The third-order valence-corrected chi connectivity index (χ3v) is 11.2. The van der Waals surface area contributed by atoms with Gasteiger partial charge in [0.05, 0.1) is 36.1 Å². The summed E-state index contributed by atoms with van der Waals surface area (Å²) in [6.45, 7) is 2.56. The van der Waals surface area contributed by atoms with E-state index in [1.165, 1.54) is 19.3 Å². The number of halogens is 1. The summed E-state index contributed by atoms with van der Waals surface area (Å²) in [6.07, 6.45) is 12.3. The Morgan fingerprint density at radius 2 is 1.76 bits per heavy atom. The lowest BCUT2D eigenvalue weighted by Gasteiger charge is -2.62. The van der Waals surface area contributed by atoms with Crippen molar-refractivity contribution in [1.29, 1.82) is 0 Å². The fraction of sp³-hybridized carbons (Fsp3) is 0.606. The Bertz CT molecular complexity index is 1340. The van der Waals surface area contributed by atoms with Crippen LogP contribution in [0.1, 0.15) is 51.0 Å².